The number of rotatable bonds is 5. The van der Waals surface area contributed by atoms with E-state index < -0.39 is 37.6 Å². The first-order valence-corrected chi connectivity index (χ1v) is 11.2. The molecule has 0 saturated heterocycles. The number of aromatic amines is 1. The molecule has 0 bridgehead atoms. The lowest BCUT2D eigenvalue weighted by molar-refractivity contribution is -0.404. The summed E-state index contributed by atoms with van der Waals surface area (Å²) in [5.74, 6) is -0.495. The molecule has 5 aromatic rings. The summed E-state index contributed by atoms with van der Waals surface area (Å²) < 4.78 is 1.10. The zero-order valence-corrected chi connectivity index (χ0v) is 19.4. The highest BCUT2D eigenvalue weighted by atomic mass is 32.1. The van der Waals surface area contributed by atoms with Crippen LogP contribution in [0.2, 0.25) is 0 Å². The standard InChI is InChI=1S/C17H12N2OS.C6H3N3O7/c20-16-15-12-8-4-5-9-13(12)21-17(15)19-14(18-16)10-11-6-2-1-3-7-11;10-6-4(8(13)14)1-3(7(11)12)2-5(6)9(15)16/h1-9H,10H2,(H,18,19,20);1-2,10H. The summed E-state index contributed by atoms with van der Waals surface area (Å²) in [4.78, 5) is 48.5. The van der Waals surface area contributed by atoms with Crippen LogP contribution in [0.25, 0.3) is 20.3 Å². The number of phenolic OH excluding ortho intramolecular Hbond substituents is 1. The van der Waals surface area contributed by atoms with E-state index in [1.165, 1.54) is 0 Å². The van der Waals surface area contributed by atoms with E-state index in [4.69, 9.17) is 5.11 Å². The van der Waals surface area contributed by atoms with Crippen LogP contribution in [0.3, 0.4) is 0 Å². The minimum absolute atomic E-state index is 0.0524. The number of phenols is 1. The first-order valence-electron chi connectivity index (χ1n) is 10.4. The molecule has 0 aliphatic rings. The number of aromatic nitrogens is 2. The van der Waals surface area contributed by atoms with Gasteiger partial charge in [0.1, 0.15) is 10.7 Å². The van der Waals surface area contributed by atoms with E-state index in [9.17, 15) is 35.1 Å². The maximum atomic E-state index is 12.4. The number of aromatic hydroxyl groups is 1. The van der Waals surface area contributed by atoms with Gasteiger partial charge >= 0.3 is 11.4 Å². The van der Waals surface area contributed by atoms with Gasteiger partial charge in [0.2, 0.25) is 0 Å². The van der Waals surface area contributed by atoms with Crippen LogP contribution in [0.5, 0.6) is 5.75 Å². The van der Waals surface area contributed by atoms with Crippen LogP contribution in [0.4, 0.5) is 17.1 Å². The van der Waals surface area contributed by atoms with Crippen LogP contribution >= 0.6 is 11.3 Å². The smallest absolute Gasteiger partial charge is 0.324 e. The van der Waals surface area contributed by atoms with Crippen molar-refractivity contribution in [1.82, 2.24) is 9.97 Å². The third kappa shape index (κ3) is 5.23. The normalized spacial score (nSPS) is 10.6. The molecule has 0 atom stereocenters. The Kier molecular flexibility index (Phi) is 6.84. The lowest BCUT2D eigenvalue weighted by Gasteiger charge is -2.01. The van der Waals surface area contributed by atoms with Crippen molar-refractivity contribution in [2.45, 2.75) is 6.42 Å². The molecule has 186 valence electrons. The van der Waals surface area contributed by atoms with Gasteiger partial charge in [-0.1, -0.05) is 48.5 Å². The molecule has 2 heterocycles. The molecule has 0 aliphatic heterocycles. The molecule has 0 radical (unpaired) electrons. The molecule has 5 rings (SSSR count). The molecule has 0 amide bonds. The van der Waals surface area contributed by atoms with Crippen molar-refractivity contribution in [3.8, 4) is 5.75 Å². The third-order valence-electron chi connectivity index (χ3n) is 5.17. The van der Waals surface area contributed by atoms with E-state index in [0.717, 1.165) is 20.5 Å². The molecular formula is C23H15N5O8S. The molecule has 37 heavy (non-hydrogen) atoms. The first-order chi connectivity index (χ1) is 17.7. The summed E-state index contributed by atoms with van der Waals surface area (Å²) >= 11 is 1.57. The molecule has 2 aromatic heterocycles. The Morgan fingerprint density at radius 3 is 2.05 bits per heavy atom. The number of H-pyrrole nitrogens is 1. The predicted octanol–water partition coefficient (Wildman–Crippen LogP) is 4.85. The van der Waals surface area contributed by atoms with Crippen molar-refractivity contribution in [3.63, 3.8) is 0 Å². The van der Waals surface area contributed by atoms with Crippen LogP contribution in [0.15, 0.2) is 71.5 Å². The number of non-ortho nitro benzene ring substituents is 1. The second-order valence-electron chi connectivity index (χ2n) is 7.56. The van der Waals surface area contributed by atoms with E-state index in [1.807, 2.05) is 54.6 Å². The number of nitro groups is 3. The number of hydrogen-bond acceptors (Lipinski definition) is 10. The van der Waals surface area contributed by atoms with Gasteiger partial charge < -0.3 is 10.1 Å². The topological polar surface area (TPSA) is 195 Å². The van der Waals surface area contributed by atoms with Crippen molar-refractivity contribution in [3.05, 3.63) is 119 Å². The Balaban J connectivity index is 0.000000181. The highest BCUT2D eigenvalue weighted by Gasteiger charge is 2.30. The van der Waals surface area contributed by atoms with E-state index >= 15 is 0 Å². The Morgan fingerprint density at radius 1 is 0.865 bits per heavy atom. The maximum Gasteiger partial charge on any atom is 0.324 e. The number of nitrogens with zero attached hydrogens (tertiary/aromatic N) is 4. The SMILES string of the molecule is O=[N+]([O-])c1cc([N+](=O)[O-])c(O)c([N+](=O)[O-])c1.O=c1[nH]c(Cc2ccccc2)nc2sc3ccccc3c12. The quantitative estimate of drug-likeness (QED) is 0.240. The van der Waals surface area contributed by atoms with Crippen molar-refractivity contribution in [1.29, 1.82) is 0 Å². The van der Waals surface area contributed by atoms with E-state index in [2.05, 4.69) is 9.97 Å². The number of hydrogen-bond donors (Lipinski definition) is 2. The van der Waals surface area contributed by atoms with Crippen LogP contribution in [-0.2, 0) is 6.42 Å². The fraction of sp³-hybridized carbons (Fsp3) is 0.0435. The lowest BCUT2D eigenvalue weighted by atomic mass is 10.1. The van der Waals surface area contributed by atoms with Gasteiger partial charge in [0, 0.05) is 16.5 Å². The zero-order valence-electron chi connectivity index (χ0n) is 18.6. The zero-order chi connectivity index (χ0) is 26.7. The maximum absolute atomic E-state index is 12.4. The second-order valence-corrected chi connectivity index (χ2v) is 8.59. The van der Waals surface area contributed by atoms with Gasteiger partial charge in [0.25, 0.3) is 17.0 Å². The largest absolute Gasteiger partial charge is 0.497 e. The van der Waals surface area contributed by atoms with Gasteiger partial charge in [0.15, 0.2) is 0 Å². The number of thiophene rings is 1. The molecular weight excluding hydrogens is 506 g/mol. The lowest BCUT2D eigenvalue weighted by Crippen LogP contribution is -2.11. The number of fused-ring (bicyclic) bond motifs is 3. The summed E-state index contributed by atoms with van der Waals surface area (Å²) in [5, 5.41) is 41.9. The number of nitrogens with one attached hydrogen (secondary N) is 1. The molecule has 13 nitrogen and oxygen atoms in total. The fourth-order valence-electron chi connectivity index (χ4n) is 3.52. The van der Waals surface area contributed by atoms with Crippen molar-refractivity contribution in [2.24, 2.45) is 0 Å². The first kappa shape index (κ1) is 24.9. The molecule has 0 unspecified atom stereocenters. The molecule has 3 aromatic carbocycles. The van der Waals surface area contributed by atoms with Crippen LogP contribution in [-0.4, -0.2) is 29.8 Å². The van der Waals surface area contributed by atoms with Gasteiger partial charge in [-0.05, 0) is 11.6 Å². The summed E-state index contributed by atoms with van der Waals surface area (Å²) in [6.07, 6.45) is 0.639. The molecule has 0 saturated carbocycles. The van der Waals surface area contributed by atoms with Crippen molar-refractivity contribution < 1.29 is 19.9 Å². The van der Waals surface area contributed by atoms with E-state index in [-0.39, 0.29) is 5.56 Å². The highest BCUT2D eigenvalue weighted by Crippen LogP contribution is 2.39. The predicted molar refractivity (Wildman–Crippen MR) is 135 cm³/mol. The van der Waals surface area contributed by atoms with Gasteiger partial charge in [-0.3, -0.25) is 35.1 Å². The molecule has 0 aliphatic carbocycles. The Bertz CT molecular complexity index is 1700. The average Bonchev–Trinajstić information content (AvgIpc) is 3.23. The molecule has 2 N–H and O–H groups in total. The minimum atomic E-state index is -1.21. The molecule has 0 spiro atoms. The molecule has 0 fully saturated rings. The van der Waals surface area contributed by atoms with Crippen LogP contribution in [0, 0.1) is 30.3 Å². The third-order valence-corrected chi connectivity index (χ3v) is 6.24. The summed E-state index contributed by atoms with van der Waals surface area (Å²) in [6.45, 7) is 0. The highest BCUT2D eigenvalue weighted by molar-refractivity contribution is 7.25. The number of benzene rings is 3. The van der Waals surface area contributed by atoms with Crippen molar-refractivity contribution in [2.75, 3.05) is 0 Å². The molecule has 14 heteroatoms. The number of nitro benzene ring substituents is 3. The monoisotopic (exact) mass is 521 g/mol. The second kappa shape index (κ2) is 10.2. The van der Waals surface area contributed by atoms with Gasteiger partial charge in [-0.2, -0.15) is 0 Å². The minimum Gasteiger partial charge on any atom is -0.497 e. The fourth-order valence-corrected chi connectivity index (χ4v) is 4.62. The van der Waals surface area contributed by atoms with Crippen LogP contribution < -0.4 is 5.56 Å². The van der Waals surface area contributed by atoms with E-state index in [1.54, 1.807) is 11.3 Å². The average molecular weight is 521 g/mol. The van der Waals surface area contributed by atoms with E-state index in [0.29, 0.717) is 29.8 Å². The van der Waals surface area contributed by atoms with Crippen molar-refractivity contribution >= 4 is 48.7 Å². The van der Waals surface area contributed by atoms with Crippen LogP contribution in [0.1, 0.15) is 11.4 Å². The Hall–Kier alpha value is -5.24. The van der Waals surface area contributed by atoms with Gasteiger partial charge in [0.05, 0.1) is 32.3 Å². The van der Waals surface area contributed by atoms with Gasteiger partial charge in [-0.25, -0.2) is 4.98 Å². The summed E-state index contributed by atoms with van der Waals surface area (Å²) in [6, 6.07) is 18.9. The van der Waals surface area contributed by atoms with Gasteiger partial charge in [-0.15, -0.1) is 11.3 Å². The summed E-state index contributed by atoms with van der Waals surface area (Å²) in [5.41, 5.74) is -1.91. The Morgan fingerprint density at radius 2 is 1.46 bits per heavy atom. The Labute approximate surface area is 209 Å². The summed E-state index contributed by atoms with van der Waals surface area (Å²) in [7, 11) is 0.